The van der Waals surface area contributed by atoms with Gasteiger partial charge in [0.1, 0.15) is 24.4 Å². The first kappa shape index (κ1) is 37.2. The fourth-order valence-corrected chi connectivity index (χ4v) is 6.77. The number of nitrogens with one attached hydrogen (secondary N) is 1. The van der Waals surface area contributed by atoms with E-state index in [1.54, 1.807) is 13.1 Å². The average molecular weight is 727 g/mol. The van der Waals surface area contributed by atoms with Crippen LogP contribution in [0.25, 0.3) is 6.08 Å². The predicted octanol–water partition coefficient (Wildman–Crippen LogP) is 4.14. The van der Waals surface area contributed by atoms with Gasteiger partial charge in [0.25, 0.3) is 0 Å². The molecule has 2 aromatic carbocycles. The first-order chi connectivity index (χ1) is 24.9. The minimum Gasteiger partial charge on any atom is -0.456 e. The molecule has 2 amide bonds. The maximum Gasteiger partial charge on any atom is 0.422 e. The average Bonchev–Trinajstić information content (AvgIpc) is 4.08. The third-order valence-corrected chi connectivity index (χ3v) is 9.65. The van der Waals surface area contributed by atoms with E-state index in [9.17, 15) is 37.5 Å². The lowest BCUT2D eigenvalue weighted by Crippen LogP contribution is -2.51. The SMILES string of the molecule is CN(C(=O)C1=C[C@H]2OC(C3CC3)(C3CC3)O[C@H]2[C@H](OC(=O)c2ccc(C=CC(=O)OCC(F)(F)F)cc2)C1)[C@H](Cc1ccccc1)C(=O)NCCO. The number of benzene rings is 2. The lowest BCUT2D eigenvalue weighted by molar-refractivity contribution is -0.209. The van der Waals surface area contributed by atoms with E-state index in [4.69, 9.17) is 14.2 Å². The number of hydrogen-bond donors (Lipinski definition) is 2. The Labute approximate surface area is 298 Å². The molecule has 1 saturated heterocycles. The van der Waals surface area contributed by atoms with Crippen LogP contribution in [-0.4, -0.2) is 96.9 Å². The van der Waals surface area contributed by atoms with Crippen molar-refractivity contribution in [3.63, 3.8) is 0 Å². The largest absolute Gasteiger partial charge is 0.456 e. The molecule has 52 heavy (non-hydrogen) atoms. The van der Waals surface area contributed by atoms with Gasteiger partial charge in [-0.1, -0.05) is 42.5 Å². The molecule has 0 spiro atoms. The molecule has 0 bridgehead atoms. The quantitative estimate of drug-likeness (QED) is 0.217. The standard InChI is InChI=1S/C38H41F3N2O9/c1-43(29(34(46)42-17-18-44)19-24-5-3-2-4-6-24)35(47)26-20-30(33-31(21-26)51-38(52-33,27-12-13-27)28-14-15-28)50-36(48)25-10-7-23(8-11-25)9-16-32(45)49-22-37(39,40)41/h2-11,16,21,27-31,33,44H,12-15,17-20,22H2,1H3,(H,42,46)/t29-,30-,31-,33+/m1/s1. The van der Waals surface area contributed by atoms with Gasteiger partial charge in [-0.2, -0.15) is 13.2 Å². The summed E-state index contributed by atoms with van der Waals surface area (Å²) in [6.07, 6.45) is 0.954. The number of esters is 2. The van der Waals surface area contributed by atoms with E-state index in [-0.39, 0.29) is 43.4 Å². The highest BCUT2D eigenvalue weighted by atomic mass is 19.4. The molecule has 6 rings (SSSR count). The van der Waals surface area contributed by atoms with Crippen LogP contribution in [0.2, 0.25) is 0 Å². The number of carbonyl (C=O) groups excluding carboxylic acids is 4. The number of aliphatic hydroxyl groups excluding tert-OH is 1. The van der Waals surface area contributed by atoms with Crippen LogP contribution in [0, 0.1) is 11.8 Å². The number of alkyl halides is 3. The third-order valence-electron chi connectivity index (χ3n) is 9.65. The molecular formula is C38H41F3N2O9. The third kappa shape index (κ3) is 8.91. The van der Waals surface area contributed by atoms with Crippen molar-refractivity contribution in [3.05, 3.63) is 89.0 Å². The Balaban J connectivity index is 1.20. The van der Waals surface area contributed by atoms with Crippen LogP contribution in [-0.2, 0) is 39.8 Å². The molecule has 0 radical (unpaired) electrons. The molecule has 2 aromatic rings. The summed E-state index contributed by atoms with van der Waals surface area (Å²) in [6, 6.07) is 14.2. The summed E-state index contributed by atoms with van der Waals surface area (Å²) in [6.45, 7) is -1.94. The van der Waals surface area contributed by atoms with Crippen LogP contribution in [0.5, 0.6) is 0 Å². The van der Waals surface area contributed by atoms with E-state index < -0.39 is 66.7 Å². The highest BCUT2D eigenvalue weighted by Gasteiger charge is 2.64. The lowest BCUT2D eigenvalue weighted by Gasteiger charge is -2.33. The molecule has 3 fully saturated rings. The Bertz CT molecular complexity index is 1680. The second kappa shape index (κ2) is 15.6. The van der Waals surface area contributed by atoms with E-state index in [2.05, 4.69) is 10.1 Å². The number of fused-ring (bicyclic) bond motifs is 1. The summed E-state index contributed by atoms with van der Waals surface area (Å²) >= 11 is 0. The maximum absolute atomic E-state index is 14.2. The second-order valence-electron chi connectivity index (χ2n) is 13.6. The number of nitrogens with zero attached hydrogens (tertiary/aromatic N) is 1. The molecule has 278 valence electrons. The molecule has 3 aliphatic carbocycles. The topological polar surface area (TPSA) is 141 Å². The molecule has 2 saturated carbocycles. The molecule has 11 nitrogen and oxygen atoms in total. The Kier molecular flexibility index (Phi) is 11.2. The smallest absolute Gasteiger partial charge is 0.422 e. The number of amides is 2. The van der Waals surface area contributed by atoms with Crippen molar-refractivity contribution in [3.8, 4) is 0 Å². The van der Waals surface area contributed by atoms with Gasteiger partial charge in [-0.25, -0.2) is 9.59 Å². The van der Waals surface area contributed by atoms with Crippen LogP contribution in [0.15, 0.2) is 72.3 Å². The molecule has 1 heterocycles. The fraction of sp³-hybridized carbons (Fsp3) is 0.474. The maximum atomic E-state index is 14.2. The Morgan fingerprint density at radius 3 is 2.31 bits per heavy atom. The summed E-state index contributed by atoms with van der Waals surface area (Å²) < 4.78 is 60.5. The molecule has 0 unspecified atom stereocenters. The van der Waals surface area contributed by atoms with Crippen molar-refractivity contribution in [2.24, 2.45) is 11.8 Å². The zero-order valence-electron chi connectivity index (χ0n) is 28.6. The van der Waals surface area contributed by atoms with Crippen LogP contribution in [0.1, 0.15) is 53.6 Å². The first-order valence-electron chi connectivity index (χ1n) is 17.4. The number of aliphatic hydroxyl groups is 1. The number of carbonyl (C=O) groups is 4. The molecule has 0 aromatic heterocycles. The van der Waals surface area contributed by atoms with Gasteiger partial charge in [0.2, 0.25) is 11.8 Å². The van der Waals surface area contributed by atoms with Crippen molar-refractivity contribution in [2.75, 3.05) is 26.8 Å². The van der Waals surface area contributed by atoms with E-state index >= 15 is 0 Å². The summed E-state index contributed by atoms with van der Waals surface area (Å²) in [5.41, 5.74) is 1.73. The highest BCUT2D eigenvalue weighted by Crippen LogP contribution is 2.59. The van der Waals surface area contributed by atoms with Crippen LogP contribution in [0.3, 0.4) is 0 Å². The van der Waals surface area contributed by atoms with E-state index in [0.717, 1.165) is 37.3 Å². The first-order valence-corrected chi connectivity index (χ1v) is 17.4. The molecule has 4 aliphatic rings. The van der Waals surface area contributed by atoms with Gasteiger partial charge in [0.15, 0.2) is 12.4 Å². The Morgan fingerprint density at radius 1 is 1.02 bits per heavy atom. The second-order valence-corrected chi connectivity index (χ2v) is 13.6. The number of ether oxygens (including phenoxy) is 4. The molecule has 1 aliphatic heterocycles. The van der Waals surface area contributed by atoms with Gasteiger partial charge >= 0.3 is 18.1 Å². The van der Waals surface area contributed by atoms with Gasteiger partial charge < -0.3 is 34.3 Å². The number of hydrogen-bond acceptors (Lipinski definition) is 9. The number of rotatable bonds is 14. The van der Waals surface area contributed by atoms with Crippen molar-refractivity contribution in [1.82, 2.24) is 10.2 Å². The van der Waals surface area contributed by atoms with Gasteiger partial charge in [-0.3, -0.25) is 9.59 Å². The van der Waals surface area contributed by atoms with Gasteiger partial charge in [-0.15, -0.1) is 0 Å². The van der Waals surface area contributed by atoms with Crippen LogP contribution < -0.4 is 5.32 Å². The molecule has 4 atom stereocenters. The molecular weight excluding hydrogens is 685 g/mol. The van der Waals surface area contributed by atoms with E-state index in [0.29, 0.717) is 11.1 Å². The highest BCUT2D eigenvalue weighted by molar-refractivity contribution is 5.97. The summed E-state index contributed by atoms with van der Waals surface area (Å²) in [4.78, 5) is 54.0. The predicted molar refractivity (Wildman–Crippen MR) is 179 cm³/mol. The van der Waals surface area contributed by atoms with E-state index in [1.165, 1.54) is 35.2 Å². The zero-order valence-corrected chi connectivity index (χ0v) is 28.6. The summed E-state index contributed by atoms with van der Waals surface area (Å²) in [5.74, 6) is -3.15. The van der Waals surface area contributed by atoms with Crippen molar-refractivity contribution < 1.29 is 56.4 Å². The number of halogens is 3. The lowest BCUT2D eigenvalue weighted by atomic mass is 9.90. The van der Waals surface area contributed by atoms with Crippen LogP contribution in [0.4, 0.5) is 13.2 Å². The van der Waals surface area contributed by atoms with Gasteiger partial charge in [0.05, 0.1) is 12.2 Å². The van der Waals surface area contributed by atoms with Crippen molar-refractivity contribution >= 4 is 29.8 Å². The minimum absolute atomic E-state index is 0.00201. The summed E-state index contributed by atoms with van der Waals surface area (Å²) in [5, 5.41) is 12.0. The monoisotopic (exact) mass is 726 g/mol. The van der Waals surface area contributed by atoms with Crippen LogP contribution >= 0.6 is 0 Å². The molecule has 2 N–H and O–H groups in total. The van der Waals surface area contributed by atoms with E-state index in [1.807, 2.05) is 30.3 Å². The Hall–Kier alpha value is -4.53. The number of likely N-dealkylation sites (N-methyl/N-ethyl adjacent to an activating group) is 1. The fourth-order valence-electron chi connectivity index (χ4n) is 6.77. The Morgan fingerprint density at radius 2 is 1.69 bits per heavy atom. The van der Waals surface area contributed by atoms with Gasteiger partial charge in [-0.05, 0) is 61.1 Å². The summed E-state index contributed by atoms with van der Waals surface area (Å²) in [7, 11) is 1.54. The minimum atomic E-state index is -4.64. The van der Waals surface area contributed by atoms with Gasteiger partial charge in [0, 0.05) is 49.9 Å². The zero-order chi connectivity index (χ0) is 37.0. The normalized spacial score (nSPS) is 22.9. The van der Waals surface area contributed by atoms with Crippen molar-refractivity contribution in [1.29, 1.82) is 0 Å². The van der Waals surface area contributed by atoms with Crippen molar-refractivity contribution in [2.45, 2.75) is 74.8 Å². The molecule has 14 heteroatoms.